The van der Waals surface area contributed by atoms with Crippen LogP contribution in [0.4, 0.5) is 4.39 Å². The first-order valence-corrected chi connectivity index (χ1v) is 7.29. The number of ether oxygens (including phenoxy) is 1. The van der Waals surface area contributed by atoms with Gasteiger partial charge in [0.05, 0.1) is 6.20 Å². The van der Waals surface area contributed by atoms with Crippen molar-refractivity contribution in [3.8, 4) is 5.88 Å². The molecule has 1 heterocycles. The van der Waals surface area contributed by atoms with Crippen LogP contribution in [0.3, 0.4) is 0 Å². The fourth-order valence-corrected chi connectivity index (χ4v) is 1.98. The molecular weight excluding hydrogens is 291 g/mol. The second-order valence-electron chi connectivity index (χ2n) is 4.71. The molecule has 0 atom stereocenters. The maximum atomic E-state index is 13.3. The topological polar surface area (TPSA) is 34.2 Å². The lowest BCUT2D eigenvalue weighted by molar-refractivity contribution is 0.288. The number of aromatic nitrogens is 1. The van der Waals surface area contributed by atoms with Crippen molar-refractivity contribution in [1.82, 2.24) is 10.3 Å². The van der Waals surface area contributed by atoms with Crippen LogP contribution in [0.15, 0.2) is 36.5 Å². The van der Waals surface area contributed by atoms with Crippen LogP contribution in [0.25, 0.3) is 0 Å². The molecule has 0 aliphatic carbocycles. The number of nitrogens with zero attached hydrogens (tertiary/aromatic N) is 1. The van der Waals surface area contributed by atoms with Crippen molar-refractivity contribution in [2.75, 3.05) is 6.54 Å². The maximum Gasteiger partial charge on any atom is 0.218 e. The molecule has 0 aliphatic heterocycles. The summed E-state index contributed by atoms with van der Waals surface area (Å²) >= 11 is 5.84. The highest BCUT2D eigenvalue weighted by Crippen LogP contribution is 2.18. The maximum absolute atomic E-state index is 13.3. The Kier molecular flexibility index (Phi) is 5.96. The third kappa shape index (κ3) is 4.99. The summed E-state index contributed by atoms with van der Waals surface area (Å²) < 4.78 is 19.0. The molecule has 0 bridgehead atoms. The van der Waals surface area contributed by atoms with E-state index in [1.807, 2.05) is 24.3 Å². The minimum absolute atomic E-state index is 0.359. The van der Waals surface area contributed by atoms with Crippen molar-refractivity contribution in [3.63, 3.8) is 0 Å². The average Bonchev–Trinajstić information content (AvgIpc) is 2.48. The Morgan fingerprint density at radius 1 is 1.29 bits per heavy atom. The number of rotatable bonds is 7. The number of halogens is 2. The average molecular weight is 309 g/mol. The molecule has 1 aromatic heterocycles. The molecule has 0 unspecified atom stereocenters. The molecule has 0 amide bonds. The van der Waals surface area contributed by atoms with Crippen molar-refractivity contribution >= 4 is 11.6 Å². The molecule has 0 fully saturated rings. The minimum atomic E-state index is -0.359. The molecule has 5 heteroatoms. The van der Waals surface area contributed by atoms with Crippen molar-refractivity contribution in [3.05, 3.63) is 58.5 Å². The lowest BCUT2D eigenvalue weighted by Crippen LogP contribution is -2.15. The SMILES string of the molecule is CCCNCc1cc(F)cnc1OCc1ccc(Cl)cc1. The zero-order valence-corrected chi connectivity index (χ0v) is 12.7. The molecule has 1 N–H and O–H groups in total. The van der Waals surface area contributed by atoms with Gasteiger partial charge in [0.25, 0.3) is 0 Å². The van der Waals surface area contributed by atoms with Crippen LogP contribution >= 0.6 is 11.6 Å². The third-order valence-electron chi connectivity index (χ3n) is 2.92. The second kappa shape index (κ2) is 7.96. The van der Waals surface area contributed by atoms with Gasteiger partial charge in [0.15, 0.2) is 0 Å². The fraction of sp³-hybridized carbons (Fsp3) is 0.312. The van der Waals surface area contributed by atoms with E-state index >= 15 is 0 Å². The van der Waals surface area contributed by atoms with Gasteiger partial charge in [0.2, 0.25) is 5.88 Å². The Morgan fingerprint density at radius 2 is 2.05 bits per heavy atom. The first kappa shape index (κ1) is 15.7. The van der Waals surface area contributed by atoms with Crippen LogP contribution in [-0.4, -0.2) is 11.5 Å². The molecule has 0 radical (unpaired) electrons. The van der Waals surface area contributed by atoms with Crippen LogP contribution in [0.5, 0.6) is 5.88 Å². The van der Waals surface area contributed by atoms with Gasteiger partial charge in [-0.2, -0.15) is 0 Å². The third-order valence-corrected chi connectivity index (χ3v) is 3.17. The molecule has 2 aromatic rings. The molecule has 112 valence electrons. The number of hydrogen-bond acceptors (Lipinski definition) is 3. The highest BCUT2D eigenvalue weighted by Gasteiger charge is 2.07. The smallest absolute Gasteiger partial charge is 0.218 e. The lowest BCUT2D eigenvalue weighted by Gasteiger charge is -2.11. The monoisotopic (exact) mass is 308 g/mol. The van der Waals surface area contributed by atoms with E-state index in [2.05, 4.69) is 17.2 Å². The van der Waals surface area contributed by atoms with Gasteiger partial charge in [-0.25, -0.2) is 9.37 Å². The number of pyridine rings is 1. The summed E-state index contributed by atoms with van der Waals surface area (Å²) in [7, 11) is 0. The lowest BCUT2D eigenvalue weighted by atomic mass is 10.2. The predicted molar refractivity (Wildman–Crippen MR) is 82.0 cm³/mol. The van der Waals surface area contributed by atoms with E-state index in [0.717, 1.165) is 24.1 Å². The highest BCUT2D eigenvalue weighted by atomic mass is 35.5. The summed E-state index contributed by atoms with van der Waals surface area (Å²) in [6.07, 6.45) is 2.18. The fourth-order valence-electron chi connectivity index (χ4n) is 1.86. The zero-order valence-electron chi connectivity index (χ0n) is 11.9. The Labute approximate surface area is 129 Å². The van der Waals surface area contributed by atoms with E-state index in [1.165, 1.54) is 12.3 Å². The van der Waals surface area contributed by atoms with E-state index < -0.39 is 0 Å². The van der Waals surface area contributed by atoms with Gasteiger partial charge in [-0.15, -0.1) is 0 Å². The summed E-state index contributed by atoms with van der Waals surface area (Å²) in [5.74, 6) is 0.0945. The summed E-state index contributed by atoms with van der Waals surface area (Å²) in [6.45, 7) is 3.85. The van der Waals surface area contributed by atoms with Crippen LogP contribution < -0.4 is 10.1 Å². The van der Waals surface area contributed by atoms with Crippen molar-refractivity contribution < 1.29 is 9.13 Å². The van der Waals surface area contributed by atoms with Gasteiger partial charge < -0.3 is 10.1 Å². The Hall–Kier alpha value is -1.65. The van der Waals surface area contributed by atoms with Gasteiger partial charge in [0, 0.05) is 17.1 Å². The summed E-state index contributed by atoms with van der Waals surface area (Å²) in [5, 5.41) is 3.90. The number of nitrogens with one attached hydrogen (secondary N) is 1. The normalized spacial score (nSPS) is 10.6. The van der Waals surface area contributed by atoms with Crippen molar-refractivity contribution in [2.45, 2.75) is 26.5 Å². The van der Waals surface area contributed by atoms with Crippen LogP contribution in [0, 0.1) is 5.82 Å². The van der Waals surface area contributed by atoms with Gasteiger partial charge in [0.1, 0.15) is 12.4 Å². The molecule has 0 saturated carbocycles. The Bertz CT molecular complexity index is 575. The van der Waals surface area contributed by atoms with Gasteiger partial charge in [-0.05, 0) is 36.7 Å². The van der Waals surface area contributed by atoms with Crippen molar-refractivity contribution in [2.24, 2.45) is 0 Å². The van der Waals surface area contributed by atoms with Gasteiger partial charge in [-0.3, -0.25) is 0 Å². The van der Waals surface area contributed by atoms with Crippen LogP contribution in [0.2, 0.25) is 5.02 Å². The van der Waals surface area contributed by atoms with Crippen LogP contribution in [0.1, 0.15) is 24.5 Å². The minimum Gasteiger partial charge on any atom is -0.473 e. The molecule has 0 aliphatic rings. The standard InChI is InChI=1S/C16H18ClFN2O/c1-2-7-19-9-13-8-15(18)10-20-16(13)21-11-12-3-5-14(17)6-4-12/h3-6,8,10,19H,2,7,9,11H2,1H3. The number of hydrogen-bond donors (Lipinski definition) is 1. The predicted octanol–water partition coefficient (Wildman–Crippen LogP) is 3.95. The van der Waals surface area contributed by atoms with Crippen LogP contribution in [-0.2, 0) is 13.2 Å². The zero-order chi connectivity index (χ0) is 15.1. The summed E-state index contributed by atoms with van der Waals surface area (Å²) in [5.41, 5.74) is 1.70. The first-order valence-electron chi connectivity index (χ1n) is 6.91. The summed E-state index contributed by atoms with van der Waals surface area (Å²) in [6, 6.07) is 8.85. The largest absolute Gasteiger partial charge is 0.473 e. The molecule has 21 heavy (non-hydrogen) atoms. The van der Waals surface area contributed by atoms with E-state index in [-0.39, 0.29) is 5.82 Å². The quantitative estimate of drug-likeness (QED) is 0.786. The van der Waals surface area contributed by atoms with E-state index in [4.69, 9.17) is 16.3 Å². The molecule has 0 spiro atoms. The van der Waals surface area contributed by atoms with E-state index in [1.54, 1.807) is 0 Å². The molecule has 3 nitrogen and oxygen atoms in total. The van der Waals surface area contributed by atoms with E-state index in [9.17, 15) is 4.39 Å². The summed E-state index contributed by atoms with van der Waals surface area (Å²) in [4.78, 5) is 4.03. The highest BCUT2D eigenvalue weighted by molar-refractivity contribution is 6.30. The van der Waals surface area contributed by atoms with E-state index in [0.29, 0.717) is 24.1 Å². The molecule has 2 rings (SSSR count). The second-order valence-corrected chi connectivity index (χ2v) is 5.15. The Balaban J connectivity index is 2.02. The first-order chi connectivity index (χ1) is 10.2. The number of benzene rings is 1. The van der Waals surface area contributed by atoms with Crippen molar-refractivity contribution in [1.29, 1.82) is 0 Å². The van der Waals surface area contributed by atoms with Gasteiger partial charge >= 0.3 is 0 Å². The Morgan fingerprint density at radius 3 is 2.76 bits per heavy atom. The molecule has 0 saturated heterocycles. The molecule has 1 aromatic carbocycles. The molecular formula is C16H18ClFN2O. The van der Waals surface area contributed by atoms with Gasteiger partial charge in [-0.1, -0.05) is 30.7 Å².